The molecular formula is C15H17F3N2O. The fourth-order valence-corrected chi connectivity index (χ4v) is 2.38. The number of nitrogens with zero attached hydrogens (tertiary/aromatic N) is 2. The van der Waals surface area contributed by atoms with Crippen molar-refractivity contribution in [1.29, 1.82) is 0 Å². The first-order valence-electron chi connectivity index (χ1n) is 6.62. The fourth-order valence-electron chi connectivity index (χ4n) is 2.38. The summed E-state index contributed by atoms with van der Waals surface area (Å²) in [4.78, 5) is 0. The van der Waals surface area contributed by atoms with Crippen LogP contribution in [0.25, 0.3) is 0 Å². The Hall–Kier alpha value is -1.82. The number of aromatic nitrogens is 2. The summed E-state index contributed by atoms with van der Waals surface area (Å²) in [6.45, 7) is 3.48. The van der Waals surface area contributed by atoms with Crippen LogP contribution in [0.4, 0.5) is 13.2 Å². The van der Waals surface area contributed by atoms with Crippen LogP contribution in [0.1, 0.15) is 41.0 Å². The average molecular weight is 298 g/mol. The molecule has 1 aromatic heterocycles. The molecule has 0 radical (unpaired) electrons. The minimum absolute atomic E-state index is 0.406. The Morgan fingerprint density at radius 3 is 2.48 bits per heavy atom. The molecule has 6 heteroatoms. The van der Waals surface area contributed by atoms with E-state index in [0.29, 0.717) is 23.1 Å². The van der Waals surface area contributed by atoms with E-state index in [1.807, 2.05) is 6.92 Å². The van der Waals surface area contributed by atoms with Gasteiger partial charge in [-0.25, -0.2) is 0 Å². The van der Waals surface area contributed by atoms with Gasteiger partial charge in [0.25, 0.3) is 0 Å². The minimum Gasteiger partial charge on any atom is -0.384 e. The van der Waals surface area contributed by atoms with E-state index in [9.17, 15) is 18.3 Å². The molecule has 1 heterocycles. The number of halogens is 3. The molecule has 0 aliphatic heterocycles. The number of hydrogen-bond donors (Lipinski definition) is 1. The van der Waals surface area contributed by atoms with Crippen molar-refractivity contribution in [3.63, 3.8) is 0 Å². The van der Waals surface area contributed by atoms with Gasteiger partial charge in [-0.3, -0.25) is 4.68 Å². The van der Waals surface area contributed by atoms with E-state index < -0.39 is 17.8 Å². The van der Waals surface area contributed by atoms with Gasteiger partial charge in [-0.15, -0.1) is 0 Å². The number of alkyl halides is 3. The summed E-state index contributed by atoms with van der Waals surface area (Å²) < 4.78 is 39.6. The number of hydrogen-bond acceptors (Lipinski definition) is 2. The zero-order chi connectivity index (χ0) is 15.8. The Kier molecular flexibility index (Phi) is 4.09. The molecule has 114 valence electrons. The molecule has 1 N–H and O–H groups in total. The van der Waals surface area contributed by atoms with Crippen molar-refractivity contribution in [2.24, 2.45) is 7.05 Å². The van der Waals surface area contributed by atoms with Crippen LogP contribution in [0.3, 0.4) is 0 Å². The van der Waals surface area contributed by atoms with E-state index in [1.54, 1.807) is 24.9 Å². The SMILES string of the molecule is CCc1nn(C)cc1C(O)c1ccc(C(F)(F)F)cc1C. The maximum absolute atomic E-state index is 12.7. The van der Waals surface area contributed by atoms with Crippen molar-refractivity contribution in [3.8, 4) is 0 Å². The summed E-state index contributed by atoms with van der Waals surface area (Å²) in [5, 5.41) is 14.7. The summed E-state index contributed by atoms with van der Waals surface area (Å²) in [5.74, 6) is 0. The maximum Gasteiger partial charge on any atom is 0.416 e. The van der Waals surface area contributed by atoms with E-state index >= 15 is 0 Å². The lowest BCUT2D eigenvalue weighted by Crippen LogP contribution is -2.08. The van der Waals surface area contributed by atoms with Crippen LogP contribution in [0.5, 0.6) is 0 Å². The number of rotatable bonds is 3. The van der Waals surface area contributed by atoms with Crippen molar-refractivity contribution in [2.45, 2.75) is 32.5 Å². The molecule has 0 spiro atoms. The van der Waals surface area contributed by atoms with Gasteiger partial charge in [-0.05, 0) is 36.6 Å². The molecule has 2 aromatic rings. The third-order valence-corrected chi connectivity index (χ3v) is 3.46. The smallest absolute Gasteiger partial charge is 0.384 e. The van der Waals surface area contributed by atoms with Crippen LogP contribution >= 0.6 is 0 Å². The summed E-state index contributed by atoms with van der Waals surface area (Å²) in [6, 6.07) is 3.38. The summed E-state index contributed by atoms with van der Waals surface area (Å²) >= 11 is 0. The van der Waals surface area contributed by atoms with Crippen molar-refractivity contribution < 1.29 is 18.3 Å². The first-order valence-corrected chi connectivity index (χ1v) is 6.62. The normalized spacial score (nSPS) is 13.5. The molecule has 21 heavy (non-hydrogen) atoms. The predicted octanol–water partition coefficient (Wildman–Crippen LogP) is 3.39. The van der Waals surface area contributed by atoms with Crippen molar-refractivity contribution in [2.75, 3.05) is 0 Å². The van der Waals surface area contributed by atoms with Crippen molar-refractivity contribution >= 4 is 0 Å². The van der Waals surface area contributed by atoms with Gasteiger partial charge in [-0.1, -0.05) is 13.0 Å². The quantitative estimate of drug-likeness (QED) is 0.943. The molecule has 2 rings (SSSR count). The Morgan fingerprint density at radius 1 is 1.29 bits per heavy atom. The topological polar surface area (TPSA) is 38.0 Å². The molecule has 0 saturated heterocycles. The number of aryl methyl sites for hydroxylation is 3. The molecule has 1 unspecified atom stereocenters. The van der Waals surface area contributed by atoms with E-state index in [4.69, 9.17) is 0 Å². The Balaban J connectivity index is 2.42. The zero-order valence-corrected chi connectivity index (χ0v) is 12.1. The standard InChI is InChI=1S/C15H17F3N2O/c1-4-13-12(8-20(3)19-13)14(21)11-6-5-10(7-9(11)2)15(16,17)18/h5-8,14,21H,4H2,1-3H3. The second-order valence-electron chi connectivity index (χ2n) is 5.03. The lowest BCUT2D eigenvalue weighted by molar-refractivity contribution is -0.137. The van der Waals surface area contributed by atoms with Crippen molar-refractivity contribution in [3.05, 3.63) is 52.3 Å². The molecule has 1 atom stereocenters. The Morgan fingerprint density at radius 2 is 1.95 bits per heavy atom. The van der Waals surface area contributed by atoms with Crippen LogP contribution in [0.2, 0.25) is 0 Å². The van der Waals surface area contributed by atoms with Gasteiger partial charge >= 0.3 is 6.18 Å². The molecule has 1 aromatic carbocycles. The molecule has 0 amide bonds. The summed E-state index contributed by atoms with van der Waals surface area (Å²) in [6.07, 6.45) is -3.01. The van der Waals surface area contributed by atoms with Crippen LogP contribution in [0.15, 0.2) is 24.4 Å². The van der Waals surface area contributed by atoms with Gasteiger partial charge in [-0.2, -0.15) is 18.3 Å². The van der Waals surface area contributed by atoms with Crippen molar-refractivity contribution in [1.82, 2.24) is 9.78 Å². The van der Waals surface area contributed by atoms with Crippen LogP contribution in [0, 0.1) is 6.92 Å². The highest BCUT2D eigenvalue weighted by atomic mass is 19.4. The maximum atomic E-state index is 12.7. The highest BCUT2D eigenvalue weighted by Gasteiger charge is 2.31. The van der Waals surface area contributed by atoms with Crippen LogP contribution < -0.4 is 0 Å². The molecular weight excluding hydrogens is 281 g/mol. The second-order valence-corrected chi connectivity index (χ2v) is 5.03. The highest BCUT2D eigenvalue weighted by molar-refractivity contribution is 5.39. The lowest BCUT2D eigenvalue weighted by Gasteiger charge is -2.16. The van der Waals surface area contributed by atoms with Gasteiger partial charge in [0, 0.05) is 18.8 Å². The molecule has 3 nitrogen and oxygen atoms in total. The van der Waals surface area contributed by atoms with E-state index in [2.05, 4.69) is 5.10 Å². The number of aliphatic hydroxyl groups excluding tert-OH is 1. The summed E-state index contributed by atoms with van der Waals surface area (Å²) in [7, 11) is 1.75. The largest absolute Gasteiger partial charge is 0.416 e. The molecule has 0 fully saturated rings. The first kappa shape index (κ1) is 15.6. The van der Waals surface area contributed by atoms with E-state index in [-0.39, 0.29) is 0 Å². The van der Waals surface area contributed by atoms with E-state index in [0.717, 1.165) is 17.8 Å². The first-order chi connectivity index (χ1) is 9.74. The van der Waals surface area contributed by atoms with Gasteiger partial charge < -0.3 is 5.11 Å². The van der Waals surface area contributed by atoms with Crippen LogP contribution in [-0.4, -0.2) is 14.9 Å². The molecule has 0 saturated carbocycles. The third-order valence-electron chi connectivity index (χ3n) is 3.46. The molecule has 0 aliphatic rings. The molecule has 0 bridgehead atoms. The Labute approximate surface area is 121 Å². The van der Waals surface area contributed by atoms with Gasteiger partial charge in [0.15, 0.2) is 0 Å². The third kappa shape index (κ3) is 3.10. The average Bonchev–Trinajstić information content (AvgIpc) is 2.78. The minimum atomic E-state index is -4.38. The number of aliphatic hydroxyl groups is 1. The van der Waals surface area contributed by atoms with Gasteiger partial charge in [0.1, 0.15) is 6.10 Å². The van der Waals surface area contributed by atoms with Gasteiger partial charge in [0.2, 0.25) is 0 Å². The Bertz CT molecular complexity index is 647. The number of benzene rings is 1. The second kappa shape index (κ2) is 5.52. The van der Waals surface area contributed by atoms with Crippen LogP contribution in [-0.2, 0) is 19.6 Å². The highest BCUT2D eigenvalue weighted by Crippen LogP contribution is 2.33. The summed E-state index contributed by atoms with van der Waals surface area (Å²) in [5.41, 5.74) is 1.53. The van der Waals surface area contributed by atoms with Gasteiger partial charge in [0.05, 0.1) is 11.3 Å². The van der Waals surface area contributed by atoms with E-state index in [1.165, 1.54) is 6.07 Å². The molecule has 0 aliphatic carbocycles. The lowest BCUT2D eigenvalue weighted by atomic mass is 9.95. The monoisotopic (exact) mass is 298 g/mol. The zero-order valence-electron chi connectivity index (χ0n) is 12.1. The fraction of sp³-hybridized carbons (Fsp3) is 0.400. The predicted molar refractivity (Wildman–Crippen MR) is 72.8 cm³/mol.